The number of aliphatic hydroxyl groups is 1. The molecule has 1 unspecified atom stereocenters. The van der Waals surface area contributed by atoms with E-state index in [9.17, 15) is 0 Å². The van der Waals surface area contributed by atoms with Gasteiger partial charge in [0, 0.05) is 39.5 Å². The van der Waals surface area contributed by atoms with Crippen LogP contribution in [0.5, 0.6) is 0 Å². The van der Waals surface area contributed by atoms with Crippen molar-refractivity contribution in [1.29, 1.82) is 0 Å². The number of hydrogen-bond acceptors (Lipinski definition) is 4. The van der Waals surface area contributed by atoms with Crippen molar-refractivity contribution in [2.45, 2.75) is 39.0 Å². The molecule has 0 aromatic carbocycles. The number of rotatable bonds is 7. The smallest absolute Gasteiger partial charge is 0.0472 e. The molecule has 0 aliphatic carbocycles. The molecular formula is C16H32N2O2. The van der Waals surface area contributed by atoms with Crippen molar-refractivity contribution in [3.05, 3.63) is 0 Å². The third-order valence-electron chi connectivity index (χ3n) is 5.00. The van der Waals surface area contributed by atoms with Gasteiger partial charge in [0.25, 0.3) is 0 Å². The maximum atomic E-state index is 9.15. The van der Waals surface area contributed by atoms with Gasteiger partial charge in [0.2, 0.25) is 0 Å². The van der Waals surface area contributed by atoms with Gasteiger partial charge in [0.15, 0.2) is 0 Å². The van der Waals surface area contributed by atoms with Crippen LogP contribution in [0.25, 0.3) is 0 Å². The van der Waals surface area contributed by atoms with Crippen molar-refractivity contribution in [3.8, 4) is 0 Å². The van der Waals surface area contributed by atoms with Crippen LogP contribution in [0.2, 0.25) is 0 Å². The molecule has 0 saturated carbocycles. The van der Waals surface area contributed by atoms with Gasteiger partial charge in [-0.2, -0.15) is 0 Å². The lowest BCUT2D eigenvalue weighted by Crippen LogP contribution is -2.49. The Morgan fingerprint density at radius 3 is 2.85 bits per heavy atom. The first-order valence-corrected chi connectivity index (χ1v) is 8.40. The number of likely N-dealkylation sites (tertiary alicyclic amines) is 1. The summed E-state index contributed by atoms with van der Waals surface area (Å²) in [6.45, 7) is 10.1. The van der Waals surface area contributed by atoms with Crippen LogP contribution >= 0.6 is 0 Å². The summed E-state index contributed by atoms with van der Waals surface area (Å²) in [5.74, 6) is 0.699. The highest BCUT2D eigenvalue weighted by Crippen LogP contribution is 2.32. The standard InChI is InChI=1S/C16H32N2O2/c1-2-17-13-16(6-10-20-11-7-16)14-18-8-3-4-15(12-18)5-9-19/h15,17,19H,2-14H2,1H3. The molecule has 0 aromatic heterocycles. The van der Waals surface area contributed by atoms with Crippen molar-refractivity contribution < 1.29 is 9.84 Å². The summed E-state index contributed by atoms with van der Waals surface area (Å²) < 4.78 is 5.57. The second-order valence-corrected chi connectivity index (χ2v) is 6.65. The molecule has 0 bridgehead atoms. The average molecular weight is 284 g/mol. The van der Waals surface area contributed by atoms with Crippen LogP contribution in [-0.2, 0) is 4.74 Å². The monoisotopic (exact) mass is 284 g/mol. The van der Waals surface area contributed by atoms with Gasteiger partial charge in [-0.1, -0.05) is 6.92 Å². The summed E-state index contributed by atoms with van der Waals surface area (Å²) in [5.41, 5.74) is 0.398. The van der Waals surface area contributed by atoms with Gasteiger partial charge in [0.1, 0.15) is 0 Å². The van der Waals surface area contributed by atoms with Crippen molar-refractivity contribution >= 4 is 0 Å². The third kappa shape index (κ3) is 4.69. The summed E-state index contributed by atoms with van der Waals surface area (Å²) in [6.07, 6.45) is 5.92. The third-order valence-corrected chi connectivity index (χ3v) is 5.00. The fourth-order valence-corrected chi connectivity index (χ4v) is 3.77. The zero-order valence-electron chi connectivity index (χ0n) is 13.1. The molecule has 2 N–H and O–H groups in total. The van der Waals surface area contributed by atoms with Crippen molar-refractivity contribution in [2.24, 2.45) is 11.3 Å². The first kappa shape index (κ1) is 16.2. The van der Waals surface area contributed by atoms with E-state index in [1.165, 1.54) is 45.3 Å². The van der Waals surface area contributed by atoms with Crippen LogP contribution in [0.1, 0.15) is 39.0 Å². The van der Waals surface area contributed by atoms with Crippen LogP contribution in [0, 0.1) is 11.3 Å². The lowest BCUT2D eigenvalue weighted by atomic mass is 9.78. The van der Waals surface area contributed by atoms with Crippen molar-refractivity contribution in [2.75, 3.05) is 52.5 Å². The van der Waals surface area contributed by atoms with E-state index >= 15 is 0 Å². The highest BCUT2D eigenvalue weighted by atomic mass is 16.5. The second kappa shape index (κ2) is 8.32. The fourth-order valence-electron chi connectivity index (χ4n) is 3.77. The van der Waals surface area contributed by atoms with E-state index < -0.39 is 0 Å². The molecule has 2 rings (SSSR count). The molecule has 4 heteroatoms. The Labute approximate surface area is 123 Å². The van der Waals surface area contributed by atoms with Crippen molar-refractivity contribution in [3.63, 3.8) is 0 Å². The molecule has 1 atom stereocenters. The summed E-state index contributed by atoms with van der Waals surface area (Å²) in [4.78, 5) is 2.65. The van der Waals surface area contributed by atoms with Crippen LogP contribution in [0.15, 0.2) is 0 Å². The van der Waals surface area contributed by atoms with E-state index in [1.54, 1.807) is 0 Å². The molecule has 2 saturated heterocycles. The second-order valence-electron chi connectivity index (χ2n) is 6.65. The fraction of sp³-hybridized carbons (Fsp3) is 1.00. The molecule has 0 amide bonds. The summed E-state index contributed by atoms with van der Waals surface area (Å²) in [5, 5.41) is 12.7. The van der Waals surface area contributed by atoms with Crippen LogP contribution < -0.4 is 5.32 Å². The number of aliphatic hydroxyl groups excluding tert-OH is 1. The van der Waals surface area contributed by atoms with E-state index in [0.29, 0.717) is 17.9 Å². The molecule has 2 aliphatic heterocycles. The summed E-state index contributed by atoms with van der Waals surface area (Å²) in [6, 6.07) is 0. The van der Waals surface area contributed by atoms with Crippen LogP contribution in [0.3, 0.4) is 0 Å². The molecule has 2 fully saturated rings. The zero-order chi connectivity index (χ0) is 14.3. The Balaban J connectivity index is 1.89. The number of hydrogen-bond donors (Lipinski definition) is 2. The SMILES string of the molecule is CCNCC1(CN2CCCC(CCO)C2)CCOCC1. The Kier molecular flexibility index (Phi) is 6.75. The van der Waals surface area contributed by atoms with E-state index in [2.05, 4.69) is 17.1 Å². The van der Waals surface area contributed by atoms with E-state index in [1.807, 2.05) is 0 Å². The Morgan fingerprint density at radius 1 is 1.35 bits per heavy atom. The van der Waals surface area contributed by atoms with Gasteiger partial charge in [-0.25, -0.2) is 0 Å². The minimum absolute atomic E-state index is 0.342. The van der Waals surface area contributed by atoms with E-state index in [0.717, 1.165) is 32.7 Å². The van der Waals surface area contributed by atoms with Crippen LogP contribution in [0.4, 0.5) is 0 Å². The minimum atomic E-state index is 0.342. The molecule has 0 aromatic rings. The Morgan fingerprint density at radius 2 is 2.15 bits per heavy atom. The number of nitrogens with one attached hydrogen (secondary N) is 1. The Bertz CT molecular complexity index is 265. The molecule has 2 heterocycles. The first-order valence-electron chi connectivity index (χ1n) is 8.40. The maximum absolute atomic E-state index is 9.15. The topological polar surface area (TPSA) is 44.7 Å². The molecule has 118 valence electrons. The zero-order valence-corrected chi connectivity index (χ0v) is 13.1. The Hall–Kier alpha value is -0.160. The minimum Gasteiger partial charge on any atom is -0.396 e. The number of piperidine rings is 1. The molecule has 2 aliphatic rings. The predicted molar refractivity (Wildman–Crippen MR) is 81.9 cm³/mol. The maximum Gasteiger partial charge on any atom is 0.0472 e. The van der Waals surface area contributed by atoms with E-state index in [-0.39, 0.29) is 0 Å². The van der Waals surface area contributed by atoms with Gasteiger partial charge in [-0.05, 0) is 56.5 Å². The summed E-state index contributed by atoms with van der Waals surface area (Å²) in [7, 11) is 0. The van der Waals surface area contributed by atoms with Gasteiger partial charge in [-0.3, -0.25) is 0 Å². The molecule has 0 radical (unpaired) electrons. The molecule has 0 spiro atoms. The van der Waals surface area contributed by atoms with E-state index in [4.69, 9.17) is 9.84 Å². The summed E-state index contributed by atoms with van der Waals surface area (Å²) >= 11 is 0. The number of nitrogens with zero attached hydrogens (tertiary/aromatic N) is 1. The molecule has 4 nitrogen and oxygen atoms in total. The predicted octanol–water partition coefficient (Wildman–Crippen LogP) is 1.49. The lowest BCUT2D eigenvalue weighted by molar-refractivity contribution is -0.0117. The number of ether oxygens (including phenoxy) is 1. The van der Waals surface area contributed by atoms with Gasteiger partial charge in [0.05, 0.1) is 0 Å². The molecule has 20 heavy (non-hydrogen) atoms. The largest absolute Gasteiger partial charge is 0.396 e. The average Bonchev–Trinajstić information content (AvgIpc) is 2.47. The lowest BCUT2D eigenvalue weighted by Gasteiger charge is -2.43. The van der Waals surface area contributed by atoms with Gasteiger partial charge >= 0.3 is 0 Å². The highest BCUT2D eigenvalue weighted by Gasteiger charge is 2.35. The van der Waals surface area contributed by atoms with Gasteiger partial charge in [-0.15, -0.1) is 0 Å². The van der Waals surface area contributed by atoms with Gasteiger partial charge < -0.3 is 20.1 Å². The first-order chi connectivity index (χ1) is 9.78. The van der Waals surface area contributed by atoms with Crippen LogP contribution in [-0.4, -0.2) is 62.6 Å². The normalized spacial score (nSPS) is 27.6. The highest BCUT2D eigenvalue weighted by molar-refractivity contribution is 4.88. The molecular weight excluding hydrogens is 252 g/mol. The quantitative estimate of drug-likeness (QED) is 0.743. The van der Waals surface area contributed by atoms with Crippen molar-refractivity contribution in [1.82, 2.24) is 10.2 Å².